The Morgan fingerprint density at radius 2 is 1.67 bits per heavy atom. The quantitative estimate of drug-likeness (QED) is 0.745. The van der Waals surface area contributed by atoms with Crippen LogP contribution >= 0.6 is 23.2 Å². The van der Waals surface area contributed by atoms with Gasteiger partial charge in [-0.15, -0.1) is 0 Å². The summed E-state index contributed by atoms with van der Waals surface area (Å²) in [6.45, 7) is 1.46. The Bertz CT molecular complexity index is 746. The lowest BCUT2D eigenvalue weighted by molar-refractivity contribution is 0.696. The molecule has 0 aliphatic carbocycles. The van der Waals surface area contributed by atoms with Crippen LogP contribution < -0.4 is 5.32 Å². The molecule has 0 spiro atoms. The minimum Gasteiger partial charge on any atom is -0.309 e. The Hall–Kier alpha value is -1.61. The lowest BCUT2D eigenvalue weighted by atomic mass is 10.1. The van der Waals surface area contributed by atoms with Gasteiger partial charge in [-0.25, -0.2) is 0 Å². The summed E-state index contributed by atoms with van der Waals surface area (Å²) >= 11 is 12.0. The molecule has 0 fully saturated rings. The van der Waals surface area contributed by atoms with E-state index in [-0.39, 0.29) is 0 Å². The Kier molecular flexibility index (Phi) is 4.39. The second-order valence-electron chi connectivity index (χ2n) is 4.87. The van der Waals surface area contributed by atoms with Crippen LogP contribution in [0.2, 0.25) is 10.0 Å². The summed E-state index contributed by atoms with van der Waals surface area (Å²) in [6, 6.07) is 15.8. The standard InChI is InChI=1S/C17H14Cl2N2/c18-15-7-12(8-16(19)9-15)10-20-11-14-4-1-3-13-5-2-6-21-17(13)14/h1-9,20H,10-11H2. The fourth-order valence-corrected chi connectivity index (χ4v) is 2.94. The van der Waals surface area contributed by atoms with Gasteiger partial charge in [-0.05, 0) is 35.4 Å². The number of halogens is 2. The summed E-state index contributed by atoms with van der Waals surface area (Å²) in [6.07, 6.45) is 1.82. The summed E-state index contributed by atoms with van der Waals surface area (Å²) in [5.74, 6) is 0. The second kappa shape index (κ2) is 6.44. The minimum absolute atomic E-state index is 0.658. The molecule has 2 nitrogen and oxygen atoms in total. The van der Waals surface area contributed by atoms with E-state index in [0.29, 0.717) is 16.6 Å². The van der Waals surface area contributed by atoms with Crippen molar-refractivity contribution in [1.29, 1.82) is 0 Å². The molecule has 106 valence electrons. The Balaban J connectivity index is 1.72. The van der Waals surface area contributed by atoms with Crippen molar-refractivity contribution >= 4 is 34.1 Å². The molecule has 1 N–H and O–H groups in total. The highest BCUT2D eigenvalue weighted by atomic mass is 35.5. The van der Waals surface area contributed by atoms with Crippen LogP contribution in [0.1, 0.15) is 11.1 Å². The third-order valence-electron chi connectivity index (χ3n) is 3.28. The summed E-state index contributed by atoms with van der Waals surface area (Å²) in [4.78, 5) is 4.45. The van der Waals surface area contributed by atoms with Gasteiger partial charge in [-0.1, -0.05) is 47.5 Å². The SMILES string of the molecule is Clc1cc(Cl)cc(CNCc2cccc3cccnc23)c1. The van der Waals surface area contributed by atoms with Crippen LogP contribution in [-0.4, -0.2) is 4.98 Å². The van der Waals surface area contributed by atoms with Crippen molar-refractivity contribution in [3.63, 3.8) is 0 Å². The molecule has 0 atom stereocenters. The van der Waals surface area contributed by atoms with Crippen LogP contribution in [0.4, 0.5) is 0 Å². The maximum absolute atomic E-state index is 6.00. The van der Waals surface area contributed by atoms with Gasteiger partial charge in [0, 0.05) is 34.7 Å². The number of hydrogen-bond acceptors (Lipinski definition) is 2. The number of benzene rings is 2. The molecule has 0 saturated heterocycles. The van der Waals surface area contributed by atoms with Crippen molar-refractivity contribution in [1.82, 2.24) is 10.3 Å². The van der Waals surface area contributed by atoms with E-state index in [9.17, 15) is 0 Å². The van der Waals surface area contributed by atoms with Gasteiger partial charge in [0.25, 0.3) is 0 Å². The van der Waals surface area contributed by atoms with Crippen molar-refractivity contribution in [3.05, 3.63) is 75.9 Å². The summed E-state index contributed by atoms with van der Waals surface area (Å²) in [7, 11) is 0. The number of aromatic nitrogens is 1. The fraction of sp³-hybridized carbons (Fsp3) is 0.118. The summed E-state index contributed by atoms with van der Waals surface area (Å²) in [5, 5.41) is 5.88. The zero-order valence-electron chi connectivity index (χ0n) is 11.3. The van der Waals surface area contributed by atoms with Crippen molar-refractivity contribution in [2.45, 2.75) is 13.1 Å². The number of nitrogens with one attached hydrogen (secondary N) is 1. The third-order valence-corrected chi connectivity index (χ3v) is 3.72. The van der Waals surface area contributed by atoms with E-state index in [1.54, 1.807) is 6.07 Å². The Morgan fingerprint density at radius 1 is 0.905 bits per heavy atom. The number of para-hydroxylation sites is 1. The monoisotopic (exact) mass is 316 g/mol. The molecule has 21 heavy (non-hydrogen) atoms. The van der Waals surface area contributed by atoms with Crippen molar-refractivity contribution in [2.24, 2.45) is 0 Å². The first-order valence-electron chi connectivity index (χ1n) is 6.71. The number of pyridine rings is 1. The molecule has 0 aliphatic heterocycles. The van der Waals surface area contributed by atoms with E-state index >= 15 is 0 Å². The highest BCUT2D eigenvalue weighted by Gasteiger charge is 2.02. The van der Waals surface area contributed by atoms with E-state index in [1.807, 2.05) is 24.4 Å². The van der Waals surface area contributed by atoms with E-state index in [0.717, 1.165) is 23.0 Å². The van der Waals surface area contributed by atoms with Gasteiger partial charge in [0.05, 0.1) is 5.52 Å². The smallest absolute Gasteiger partial charge is 0.0746 e. The highest BCUT2D eigenvalue weighted by Crippen LogP contribution is 2.19. The normalized spacial score (nSPS) is 11.0. The molecule has 3 aromatic rings. The van der Waals surface area contributed by atoms with Crippen LogP contribution in [0.3, 0.4) is 0 Å². The van der Waals surface area contributed by atoms with Gasteiger partial charge in [0.2, 0.25) is 0 Å². The largest absolute Gasteiger partial charge is 0.309 e. The molecule has 1 aromatic heterocycles. The molecule has 0 radical (unpaired) electrons. The van der Waals surface area contributed by atoms with Gasteiger partial charge in [0.15, 0.2) is 0 Å². The maximum atomic E-state index is 6.00. The molecule has 0 saturated carbocycles. The molecule has 0 unspecified atom stereocenters. The first-order valence-corrected chi connectivity index (χ1v) is 7.46. The summed E-state index contributed by atoms with van der Waals surface area (Å²) in [5.41, 5.74) is 3.29. The van der Waals surface area contributed by atoms with Crippen molar-refractivity contribution in [2.75, 3.05) is 0 Å². The van der Waals surface area contributed by atoms with Crippen LogP contribution in [0.15, 0.2) is 54.7 Å². The van der Waals surface area contributed by atoms with E-state index in [4.69, 9.17) is 23.2 Å². The first-order chi connectivity index (χ1) is 10.2. The lowest BCUT2D eigenvalue weighted by Gasteiger charge is -2.08. The topological polar surface area (TPSA) is 24.9 Å². The Morgan fingerprint density at radius 3 is 2.48 bits per heavy atom. The zero-order chi connectivity index (χ0) is 14.7. The molecule has 0 amide bonds. The number of rotatable bonds is 4. The van der Waals surface area contributed by atoms with Gasteiger partial charge < -0.3 is 5.32 Å². The highest BCUT2D eigenvalue weighted by molar-refractivity contribution is 6.34. The van der Waals surface area contributed by atoms with E-state index < -0.39 is 0 Å². The number of fused-ring (bicyclic) bond motifs is 1. The zero-order valence-corrected chi connectivity index (χ0v) is 12.8. The minimum atomic E-state index is 0.658. The summed E-state index contributed by atoms with van der Waals surface area (Å²) < 4.78 is 0. The van der Waals surface area contributed by atoms with Crippen molar-refractivity contribution < 1.29 is 0 Å². The maximum Gasteiger partial charge on any atom is 0.0746 e. The third kappa shape index (κ3) is 3.53. The lowest BCUT2D eigenvalue weighted by Crippen LogP contribution is -2.13. The van der Waals surface area contributed by atoms with Crippen molar-refractivity contribution in [3.8, 4) is 0 Å². The van der Waals surface area contributed by atoms with Crippen LogP contribution in [-0.2, 0) is 13.1 Å². The molecule has 0 bridgehead atoms. The average Bonchev–Trinajstić information content (AvgIpc) is 2.46. The molecule has 3 rings (SSSR count). The Labute approximate surface area is 133 Å². The van der Waals surface area contributed by atoms with Crippen LogP contribution in [0, 0.1) is 0 Å². The van der Waals surface area contributed by atoms with E-state index in [1.165, 1.54) is 5.56 Å². The van der Waals surface area contributed by atoms with Gasteiger partial charge in [-0.2, -0.15) is 0 Å². The predicted molar refractivity (Wildman–Crippen MR) is 88.7 cm³/mol. The van der Waals surface area contributed by atoms with Crippen LogP contribution in [0.5, 0.6) is 0 Å². The second-order valence-corrected chi connectivity index (χ2v) is 5.75. The van der Waals surface area contributed by atoms with Gasteiger partial charge in [0.1, 0.15) is 0 Å². The molecule has 2 aromatic carbocycles. The predicted octanol–water partition coefficient (Wildman–Crippen LogP) is 4.83. The number of hydrogen-bond donors (Lipinski definition) is 1. The average molecular weight is 317 g/mol. The molecular formula is C17H14Cl2N2. The van der Waals surface area contributed by atoms with E-state index in [2.05, 4.69) is 34.6 Å². The van der Waals surface area contributed by atoms with Gasteiger partial charge >= 0.3 is 0 Å². The van der Waals surface area contributed by atoms with Crippen LogP contribution in [0.25, 0.3) is 10.9 Å². The van der Waals surface area contributed by atoms with Gasteiger partial charge in [-0.3, -0.25) is 4.98 Å². The molecule has 4 heteroatoms. The molecule has 1 heterocycles. The molecular weight excluding hydrogens is 303 g/mol. The fourth-order valence-electron chi connectivity index (χ4n) is 2.36. The number of nitrogens with zero attached hydrogens (tertiary/aromatic N) is 1. The molecule has 0 aliphatic rings. The first kappa shape index (κ1) is 14.3.